The molecule has 2 heterocycles. The summed E-state index contributed by atoms with van der Waals surface area (Å²) in [6.07, 6.45) is 0.802. The Balaban J connectivity index is 2.29. The Morgan fingerprint density at radius 1 is 1.29 bits per heavy atom. The number of hydrogen-bond donors (Lipinski definition) is 0. The molecule has 0 radical (unpaired) electrons. The smallest absolute Gasteiger partial charge is 0.257 e. The summed E-state index contributed by atoms with van der Waals surface area (Å²) in [5.74, 6) is 1.52. The maximum Gasteiger partial charge on any atom is 0.257 e. The Hall–Kier alpha value is -1.45. The minimum absolute atomic E-state index is 0.0840. The van der Waals surface area contributed by atoms with Crippen LogP contribution in [-0.2, 0) is 6.42 Å². The van der Waals surface area contributed by atoms with Crippen LogP contribution < -0.4 is 0 Å². The van der Waals surface area contributed by atoms with E-state index in [2.05, 4.69) is 16.9 Å². The monoisotopic (exact) mass is 233 g/mol. The van der Waals surface area contributed by atoms with Gasteiger partial charge in [-0.2, -0.15) is 0 Å². The summed E-state index contributed by atoms with van der Waals surface area (Å²) in [6.45, 7) is 9.67. The molecule has 0 aliphatic carbocycles. The minimum Gasteiger partial charge on any atom is -0.338 e. The van der Waals surface area contributed by atoms with Crippen LogP contribution in [0.4, 0.5) is 0 Å². The van der Waals surface area contributed by atoms with Gasteiger partial charge in [-0.15, -0.1) is 0 Å². The molecular formula is C13H19N3O. The summed E-state index contributed by atoms with van der Waals surface area (Å²) in [7, 11) is 0. The summed E-state index contributed by atoms with van der Waals surface area (Å²) in [5.41, 5.74) is 2.30. The molecule has 0 atom stereocenters. The van der Waals surface area contributed by atoms with E-state index in [4.69, 9.17) is 0 Å². The number of aromatic nitrogens is 2. The van der Waals surface area contributed by atoms with Gasteiger partial charge in [0.15, 0.2) is 0 Å². The molecule has 0 bridgehead atoms. The van der Waals surface area contributed by atoms with Crippen molar-refractivity contribution in [3.05, 3.63) is 22.8 Å². The van der Waals surface area contributed by atoms with Gasteiger partial charge >= 0.3 is 0 Å². The van der Waals surface area contributed by atoms with Crippen LogP contribution in [0.2, 0.25) is 0 Å². The van der Waals surface area contributed by atoms with E-state index in [1.807, 2.05) is 25.7 Å². The Bertz CT molecular complexity index is 427. The minimum atomic E-state index is 0.0840. The van der Waals surface area contributed by atoms with Crippen LogP contribution in [0.3, 0.4) is 0 Å². The summed E-state index contributed by atoms with van der Waals surface area (Å²) in [4.78, 5) is 22.9. The van der Waals surface area contributed by atoms with E-state index in [1.54, 1.807) is 0 Å². The third-order valence-corrected chi connectivity index (χ3v) is 3.20. The number of carbonyl (C=O) groups is 1. The second kappa shape index (κ2) is 4.43. The quantitative estimate of drug-likeness (QED) is 0.781. The average molecular weight is 233 g/mol. The SMILES string of the molecule is CCc1nc(C)c(C(=O)N2CC(C)C2)c(C)n1. The van der Waals surface area contributed by atoms with Crippen molar-refractivity contribution in [3.63, 3.8) is 0 Å². The van der Waals surface area contributed by atoms with Crippen molar-refractivity contribution >= 4 is 5.91 Å². The van der Waals surface area contributed by atoms with E-state index in [-0.39, 0.29) is 5.91 Å². The van der Waals surface area contributed by atoms with Crippen molar-refractivity contribution in [3.8, 4) is 0 Å². The molecule has 17 heavy (non-hydrogen) atoms. The number of rotatable bonds is 2. The highest BCUT2D eigenvalue weighted by Crippen LogP contribution is 2.20. The summed E-state index contributed by atoms with van der Waals surface area (Å²) >= 11 is 0. The fraction of sp³-hybridized carbons (Fsp3) is 0.615. The molecule has 0 spiro atoms. The average Bonchev–Trinajstić information content (AvgIpc) is 2.23. The van der Waals surface area contributed by atoms with Crippen LogP contribution in [0, 0.1) is 19.8 Å². The lowest BCUT2D eigenvalue weighted by Crippen LogP contribution is -2.49. The van der Waals surface area contributed by atoms with Crippen LogP contribution in [0.15, 0.2) is 0 Å². The Morgan fingerprint density at radius 3 is 2.24 bits per heavy atom. The number of nitrogens with zero attached hydrogens (tertiary/aromatic N) is 3. The molecule has 1 fully saturated rings. The van der Waals surface area contributed by atoms with Crippen molar-refractivity contribution < 1.29 is 4.79 Å². The fourth-order valence-electron chi connectivity index (χ4n) is 2.28. The van der Waals surface area contributed by atoms with E-state index in [9.17, 15) is 4.79 Å². The van der Waals surface area contributed by atoms with Gasteiger partial charge in [0.05, 0.1) is 17.0 Å². The van der Waals surface area contributed by atoms with Crippen LogP contribution >= 0.6 is 0 Å². The van der Waals surface area contributed by atoms with Gasteiger partial charge in [0.1, 0.15) is 5.82 Å². The van der Waals surface area contributed by atoms with Crippen molar-refractivity contribution in [1.29, 1.82) is 0 Å². The number of aryl methyl sites for hydroxylation is 3. The number of carbonyl (C=O) groups excluding carboxylic acids is 1. The van der Waals surface area contributed by atoms with E-state index in [0.717, 1.165) is 36.7 Å². The molecule has 1 aromatic rings. The van der Waals surface area contributed by atoms with Crippen LogP contribution in [-0.4, -0.2) is 33.9 Å². The molecule has 1 amide bonds. The molecule has 1 saturated heterocycles. The van der Waals surface area contributed by atoms with E-state index in [1.165, 1.54) is 0 Å². The Kier molecular flexibility index (Phi) is 3.13. The highest BCUT2D eigenvalue weighted by Gasteiger charge is 2.30. The third kappa shape index (κ3) is 2.16. The van der Waals surface area contributed by atoms with Gasteiger partial charge in [0, 0.05) is 19.5 Å². The molecule has 0 unspecified atom stereocenters. The summed E-state index contributed by atoms with van der Waals surface area (Å²) < 4.78 is 0. The largest absolute Gasteiger partial charge is 0.338 e. The molecule has 2 rings (SSSR count). The topological polar surface area (TPSA) is 46.1 Å². The van der Waals surface area contributed by atoms with Crippen molar-refractivity contribution in [2.24, 2.45) is 5.92 Å². The van der Waals surface area contributed by atoms with E-state index >= 15 is 0 Å². The third-order valence-electron chi connectivity index (χ3n) is 3.20. The first-order valence-corrected chi connectivity index (χ1v) is 6.16. The molecule has 0 aromatic carbocycles. The zero-order valence-electron chi connectivity index (χ0n) is 10.9. The maximum atomic E-state index is 12.3. The Morgan fingerprint density at radius 2 is 1.82 bits per heavy atom. The maximum absolute atomic E-state index is 12.3. The first-order chi connectivity index (χ1) is 8.02. The lowest BCUT2D eigenvalue weighted by atomic mass is 10.0. The predicted molar refractivity (Wildman–Crippen MR) is 66.0 cm³/mol. The van der Waals surface area contributed by atoms with E-state index in [0.29, 0.717) is 11.5 Å². The van der Waals surface area contributed by atoms with E-state index < -0.39 is 0 Å². The lowest BCUT2D eigenvalue weighted by molar-refractivity contribution is 0.0527. The standard InChI is InChI=1S/C13H19N3O/c1-5-11-14-9(3)12(10(4)15-11)13(17)16-6-8(2)7-16/h8H,5-7H2,1-4H3. The number of likely N-dealkylation sites (tertiary alicyclic amines) is 1. The number of amides is 1. The second-order valence-electron chi connectivity index (χ2n) is 4.85. The zero-order valence-corrected chi connectivity index (χ0v) is 10.9. The molecule has 1 aliphatic heterocycles. The van der Waals surface area contributed by atoms with Crippen molar-refractivity contribution in [1.82, 2.24) is 14.9 Å². The van der Waals surface area contributed by atoms with Gasteiger partial charge in [0.2, 0.25) is 0 Å². The highest BCUT2D eigenvalue weighted by atomic mass is 16.2. The molecular weight excluding hydrogens is 214 g/mol. The molecule has 0 N–H and O–H groups in total. The molecule has 0 saturated carbocycles. The first-order valence-electron chi connectivity index (χ1n) is 6.16. The lowest BCUT2D eigenvalue weighted by Gasteiger charge is -2.37. The van der Waals surface area contributed by atoms with Crippen molar-refractivity contribution in [2.75, 3.05) is 13.1 Å². The second-order valence-corrected chi connectivity index (χ2v) is 4.85. The van der Waals surface area contributed by atoms with Gasteiger partial charge in [-0.25, -0.2) is 9.97 Å². The van der Waals surface area contributed by atoms with Gasteiger partial charge < -0.3 is 4.90 Å². The molecule has 4 heteroatoms. The molecule has 92 valence electrons. The van der Waals surface area contributed by atoms with Gasteiger partial charge in [-0.05, 0) is 19.8 Å². The predicted octanol–water partition coefficient (Wildman–Crippen LogP) is 1.75. The molecule has 1 aromatic heterocycles. The normalized spacial score (nSPS) is 15.9. The molecule has 1 aliphatic rings. The summed E-state index contributed by atoms with van der Waals surface area (Å²) in [6, 6.07) is 0. The van der Waals surface area contributed by atoms with Crippen LogP contribution in [0.5, 0.6) is 0 Å². The summed E-state index contributed by atoms with van der Waals surface area (Å²) in [5, 5.41) is 0. The Labute approximate surface area is 102 Å². The number of hydrogen-bond acceptors (Lipinski definition) is 3. The van der Waals surface area contributed by atoms with Crippen LogP contribution in [0.25, 0.3) is 0 Å². The van der Waals surface area contributed by atoms with Gasteiger partial charge in [-0.1, -0.05) is 13.8 Å². The van der Waals surface area contributed by atoms with Gasteiger partial charge in [0.25, 0.3) is 5.91 Å². The first kappa shape index (κ1) is 12.0. The van der Waals surface area contributed by atoms with Crippen molar-refractivity contribution in [2.45, 2.75) is 34.1 Å². The molecule has 4 nitrogen and oxygen atoms in total. The van der Waals surface area contributed by atoms with Gasteiger partial charge in [-0.3, -0.25) is 4.79 Å². The fourth-order valence-corrected chi connectivity index (χ4v) is 2.28. The van der Waals surface area contributed by atoms with Crippen LogP contribution in [0.1, 0.15) is 41.4 Å². The zero-order chi connectivity index (χ0) is 12.6. The highest BCUT2D eigenvalue weighted by molar-refractivity contribution is 5.96.